The number of fused-ring (bicyclic) bond motifs is 1. The van der Waals surface area contributed by atoms with E-state index < -0.39 is 0 Å². The van der Waals surface area contributed by atoms with Crippen LogP contribution in [0.4, 0.5) is 0 Å². The number of benzene rings is 2. The number of aromatic nitrogens is 2. The molecule has 3 aromatic rings. The van der Waals surface area contributed by atoms with Gasteiger partial charge in [-0.1, -0.05) is 59.2 Å². The maximum absolute atomic E-state index is 12.3. The van der Waals surface area contributed by atoms with E-state index in [1.54, 1.807) is 12.1 Å². The maximum Gasteiger partial charge on any atom is 0.230 e. The molecule has 0 saturated heterocycles. The van der Waals surface area contributed by atoms with Crippen molar-refractivity contribution in [2.75, 3.05) is 5.75 Å². The third-order valence-corrected chi connectivity index (χ3v) is 5.57. The van der Waals surface area contributed by atoms with E-state index in [4.69, 9.17) is 23.2 Å². The Morgan fingerprint density at radius 2 is 1.92 bits per heavy atom. The first kappa shape index (κ1) is 19.0. The SMILES string of the molecule is Cc1nc(SCC(=O)N[C@@H](C)c2ccc(Cl)c(Cl)c2)c2ccccc2n1. The molecule has 1 aromatic heterocycles. The molecule has 0 radical (unpaired) electrons. The fraction of sp³-hybridized carbons (Fsp3) is 0.211. The van der Waals surface area contributed by atoms with Crippen LogP contribution in [0.3, 0.4) is 0 Å². The maximum atomic E-state index is 12.3. The molecule has 1 heterocycles. The van der Waals surface area contributed by atoms with E-state index in [-0.39, 0.29) is 17.7 Å². The van der Waals surface area contributed by atoms with Crippen molar-refractivity contribution in [2.24, 2.45) is 0 Å². The molecule has 0 unspecified atom stereocenters. The summed E-state index contributed by atoms with van der Waals surface area (Å²) in [5.41, 5.74) is 1.79. The second-order valence-corrected chi connectivity index (χ2v) is 7.62. The molecule has 0 spiro atoms. The first-order valence-electron chi connectivity index (χ1n) is 8.04. The number of para-hydroxylation sites is 1. The molecule has 7 heteroatoms. The van der Waals surface area contributed by atoms with E-state index in [0.29, 0.717) is 15.9 Å². The van der Waals surface area contributed by atoms with Crippen molar-refractivity contribution in [1.82, 2.24) is 15.3 Å². The van der Waals surface area contributed by atoms with Gasteiger partial charge in [-0.3, -0.25) is 4.79 Å². The molecule has 4 nitrogen and oxygen atoms in total. The summed E-state index contributed by atoms with van der Waals surface area (Å²) in [6.07, 6.45) is 0. The Bertz CT molecular complexity index is 965. The number of hydrogen-bond donors (Lipinski definition) is 1. The number of carbonyl (C=O) groups is 1. The van der Waals surface area contributed by atoms with Gasteiger partial charge in [0.25, 0.3) is 0 Å². The van der Waals surface area contributed by atoms with Crippen molar-refractivity contribution in [3.05, 3.63) is 63.9 Å². The fourth-order valence-corrected chi connectivity index (χ4v) is 3.73. The summed E-state index contributed by atoms with van der Waals surface area (Å²) in [5.74, 6) is 0.885. The lowest BCUT2D eigenvalue weighted by Crippen LogP contribution is -2.28. The van der Waals surface area contributed by atoms with E-state index in [9.17, 15) is 4.79 Å². The zero-order valence-corrected chi connectivity index (χ0v) is 16.6. The normalized spacial score (nSPS) is 12.2. The van der Waals surface area contributed by atoms with Crippen molar-refractivity contribution >= 4 is 51.8 Å². The lowest BCUT2D eigenvalue weighted by atomic mass is 10.1. The predicted molar refractivity (Wildman–Crippen MR) is 108 cm³/mol. The molecular formula is C19H17Cl2N3OS. The van der Waals surface area contributed by atoms with Gasteiger partial charge in [0.2, 0.25) is 5.91 Å². The standard InChI is InChI=1S/C19H17Cl2N3OS/c1-11(13-7-8-15(20)16(21)9-13)22-18(25)10-26-19-14-5-3-4-6-17(14)23-12(2)24-19/h3-9,11H,10H2,1-2H3,(H,22,25)/t11-/m0/s1. The Kier molecular flexibility index (Phi) is 6.01. The van der Waals surface area contributed by atoms with Crippen molar-refractivity contribution in [3.63, 3.8) is 0 Å². The smallest absolute Gasteiger partial charge is 0.230 e. The van der Waals surface area contributed by atoms with Gasteiger partial charge in [0.15, 0.2) is 0 Å². The van der Waals surface area contributed by atoms with Crippen LogP contribution in [0.25, 0.3) is 10.9 Å². The zero-order chi connectivity index (χ0) is 18.7. The lowest BCUT2D eigenvalue weighted by Gasteiger charge is -2.15. The van der Waals surface area contributed by atoms with E-state index in [0.717, 1.165) is 21.5 Å². The van der Waals surface area contributed by atoms with Crippen molar-refractivity contribution in [3.8, 4) is 0 Å². The van der Waals surface area contributed by atoms with E-state index >= 15 is 0 Å². The van der Waals surface area contributed by atoms with Gasteiger partial charge in [0.05, 0.1) is 27.4 Å². The van der Waals surface area contributed by atoms with Crippen LogP contribution in [0, 0.1) is 6.92 Å². The van der Waals surface area contributed by atoms with Gasteiger partial charge in [-0.05, 0) is 37.6 Å². The number of rotatable bonds is 5. The monoisotopic (exact) mass is 405 g/mol. The lowest BCUT2D eigenvalue weighted by molar-refractivity contribution is -0.119. The number of aryl methyl sites for hydroxylation is 1. The summed E-state index contributed by atoms with van der Waals surface area (Å²) in [7, 11) is 0. The van der Waals surface area contributed by atoms with Crippen molar-refractivity contribution in [1.29, 1.82) is 0 Å². The van der Waals surface area contributed by atoms with Crippen LogP contribution in [0.5, 0.6) is 0 Å². The van der Waals surface area contributed by atoms with E-state index in [1.165, 1.54) is 11.8 Å². The molecule has 0 aliphatic carbocycles. The Morgan fingerprint density at radius 1 is 1.15 bits per heavy atom. The summed E-state index contributed by atoms with van der Waals surface area (Å²) < 4.78 is 0. The highest BCUT2D eigenvalue weighted by atomic mass is 35.5. The number of nitrogens with zero attached hydrogens (tertiary/aromatic N) is 2. The van der Waals surface area contributed by atoms with E-state index in [2.05, 4.69) is 15.3 Å². The number of carbonyl (C=O) groups excluding carboxylic acids is 1. The zero-order valence-electron chi connectivity index (χ0n) is 14.3. The molecule has 0 aliphatic heterocycles. The van der Waals surface area contributed by atoms with Crippen LogP contribution < -0.4 is 5.32 Å². The highest BCUT2D eigenvalue weighted by Gasteiger charge is 2.13. The van der Waals surface area contributed by atoms with Gasteiger partial charge >= 0.3 is 0 Å². The second kappa shape index (κ2) is 8.25. The number of amides is 1. The largest absolute Gasteiger partial charge is 0.349 e. The minimum Gasteiger partial charge on any atom is -0.349 e. The van der Waals surface area contributed by atoms with Gasteiger partial charge in [0.1, 0.15) is 10.9 Å². The molecule has 3 rings (SSSR count). The Labute approximate surface area is 166 Å². The van der Waals surface area contributed by atoms with Gasteiger partial charge in [-0.25, -0.2) is 9.97 Å². The molecule has 0 fully saturated rings. The summed E-state index contributed by atoms with van der Waals surface area (Å²) in [4.78, 5) is 21.2. The Balaban J connectivity index is 1.66. The van der Waals surface area contributed by atoms with Crippen LogP contribution in [0.1, 0.15) is 24.4 Å². The summed E-state index contributed by atoms with van der Waals surface area (Å²) in [6.45, 7) is 3.76. The number of halogens is 2. The van der Waals surface area contributed by atoms with Crippen LogP contribution in [-0.4, -0.2) is 21.6 Å². The molecule has 0 aliphatic rings. The third-order valence-electron chi connectivity index (χ3n) is 3.84. The first-order valence-corrected chi connectivity index (χ1v) is 9.78. The summed E-state index contributed by atoms with van der Waals surface area (Å²) >= 11 is 13.4. The van der Waals surface area contributed by atoms with Crippen molar-refractivity contribution < 1.29 is 4.79 Å². The molecular weight excluding hydrogens is 389 g/mol. The molecule has 0 saturated carbocycles. The second-order valence-electron chi connectivity index (χ2n) is 5.84. The average molecular weight is 406 g/mol. The van der Waals surface area contributed by atoms with Gasteiger partial charge in [-0.2, -0.15) is 0 Å². The van der Waals surface area contributed by atoms with E-state index in [1.807, 2.05) is 44.2 Å². The Hall–Kier alpha value is -1.82. The van der Waals surface area contributed by atoms with Crippen LogP contribution in [0.15, 0.2) is 47.5 Å². The number of thioether (sulfide) groups is 1. The topological polar surface area (TPSA) is 54.9 Å². The molecule has 1 atom stereocenters. The van der Waals surface area contributed by atoms with Gasteiger partial charge in [-0.15, -0.1) is 0 Å². The minimum atomic E-state index is -0.165. The highest BCUT2D eigenvalue weighted by molar-refractivity contribution is 8.00. The number of nitrogens with one attached hydrogen (secondary N) is 1. The predicted octanol–water partition coefficient (Wildman–Crippen LogP) is 5.21. The molecule has 134 valence electrons. The van der Waals surface area contributed by atoms with Crippen LogP contribution in [-0.2, 0) is 4.79 Å². The highest BCUT2D eigenvalue weighted by Crippen LogP contribution is 2.27. The average Bonchev–Trinajstić information content (AvgIpc) is 2.61. The van der Waals surface area contributed by atoms with Gasteiger partial charge in [0, 0.05) is 5.39 Å². The molecule has 26 heavy (non-hydrogen) atoms. The fourth-order valence-electron chi connectivity index (χ4n) is 2.55. The quantitative estimate of drug-likeness (QED) is 0.467. The third kappa shape index (κ3) is 4.47. The molecule has 1 amide bonds. The van der Waals surface area contributed by atoms with Crippen LogP contribution >= 0.6 is 35.0 Å². The van der Waals surface area contributed by atoms with Gasteiger partial charge < -0.3 is 5.32 Å². The summed E-state index contributed by atoms with van der Waals surface area (Å²) in [6, 6.07) is 13.0. The Morgan fingerprint density at radius 3 is 2.69 bits per heavy atom. The molecule has 2 aromatic carbocycles. The van der Waals surface area contributed by atoms with Crippen LogP contribution in [0.2, 0.25) is 10.0 Å². The number of hydrogen-bond acceptors (Lipinski definition) is 4. The first-order chi connectivity index (χ1) is 12.4. The van der Waals surface area contributed by atoms with Crippen molar-refractivity contribution in [2.45, 2.75) is 24.9 Å². The minimum absolute atomic E-state index is 0.0751. The molecule has 1 N–H and O–H groups in total. The molecule has 0 bridgehead atoms. The summed E-state index contributed by atoms with van der Waals surface area (Å²) in [5, 5.41) is 5.70.